The molecule has 1 aromatic carbocycles. The fourth-order valence-electron chi connectivity index (χ4n) is 3.23. The summed E-state index contributed by atoms with van der Waals surface area (Å²) in [5.41, 5.74) is 4.93. The lowest BCUT2D eigenvalue weighted by Crippen LogP contribution is -2.23. The van der Waals surface area contributed by atoms with E-state index in [-0.39, 0.29) is 5.91 Å². The van der Waals surface area contributed by atoms with Gasteiger partial charge in [0.1, 0.15) is 0 Å². The van der Waals surface area contributed by atoms with Crippen LogP contribution in [0.5, 0.6) is 0 Å². The van der Waals surface area contributed by atoms with E-state index in [1.165, 1.54) is 0 Å². The zero-order valence-electron chi connectivity index (χ0n) is 16.2. The third-order valence-electron chi connectivity index (χ3n) is 4.77. The Morgan fingerprint density at radius 2 is 2.04 bits per heavy atom. The van der Waals surface area contributed by atoms with E-state index in [1.807, 2.05) is 68.3 Å². The van der Waals surface area contributed by atoms with Crippen molar-refractivity contribution in [2.45, 2.75) is 26.9 Å². The van der Waals surface area contributed by atoms with Gasteiger partial charge in [0.05, 0.1) is 28.7 Å². The molecule has 28 heavy (non-hydrogen) atoms. The van der Waals surface area contributed by atoms with Crippen LogP contribution >= 0.6 is 0 Å². The predicted molar refractivity (Wildman–Crippen MR) is 108 cm³/mol. The van der Waals surface area contributed by atoms with Crippen molar-refractivity contribution >= 4 is 16.8 Å². The first kappa shape index (κ1) is 17.9. The van der Waals surface area contributed by atoms with Crippen molar-refractivity contribution in [2.75, 3.05) is 0 Å². The lowest BCUT2D eigenvalue weighted by atomic mass is 10.0. The van der Waals surface area contributed by atoms with Gasteiger partial charge in [-0.2, -0.15) is 10.2 Å². The van der Waals surface area contributed by atoms with Crippen LogP contribution < -0.4 is 5.32 Å². The second-order valence-corrected chi connectivity index (χ2v) is 6.75. The zero-order valence-corrected chi connectivity index (χ0v) is 16.2. The highest BCUT2D eigenvalue weighted by atomic mass is 16.1. The van der Waals surface area contributed by atoms with Crippen LogP contribution in [-0.2, 0) is 20.1 Å². The molecule has 0 fully saturated rings. The Morgan fingerprint density at radius 3 is 2.75 bits per heavy atom. The molecule has 1 N–H and O–H groups in total. The van der Waals surface area contributed by atoms with E-state index < -0.39 is 0 Å². The van der Waals surface area contributed by atoms with Gasteiger partial charge in [-0.25, -0.2) is 4.98 Å². The van der Waals surface area contributed by atoms with Gasteiger partial charge in [-0.1, -0.05) is 18.2 Å². The van der Waals surface area contributed by atoms with Crippen molar-refractivity contribution < 1.29 is 4.79 Å². The summed E-state index contributed by atoms with van der Waals surface area (Å²) in [6.07, 6.45) is 5.61. The minimum atomic E-state index is -0.132. The standard InChI is InChI=1S/C21H22N6O/c1-4-27-13-15(14(2)25-27)10-22-21(28)18-9-20(16-11-23-26(3)12-16)24-19-8-6-5-7-17(18)19/h5-9,11-13H,4,10H2,1-3H3,(H,22,28). The van der Waals surface area contributed by atoms with Crippen LogP contribution in [0.3, 0.4) is 0 Å². The number of amides is 1. The van der Waals surface area contributed by atoms with Crippen molar-refractivity contribution in [1.82, 2.24) is 29.9 Å². The molecule has 3 aromatic heterocycles. The van der Waals surface area contributed by atoms with E-state index in [9.17, 15) is 4.79 Å². The van der Waals surface area contributed by atoms with E-state index in [0.29, 0.717) is 12.1 Å². The quantitative estimate of drug-likeness (QED) is 0.582. The largest absolute Gasteiger partial charge is 0.348 e. The second-order valence-electron chi connectivity index (χ2n) is 6.75. The number of nitrogens with zero attached hydrogens (tertiary/aromatic N) is 5. The highest BCUT2D eigenvalue weighted by Gasteiger charge is 2.15. The predicted octanol–water partition coefficient (Wildman–Crippen LogP) is 3.09. The lowest BCUT2D eigenvalue weighted by Gasteiger charge is -2.10. The molecule has 0 saturated heterocycles. The number of nitrogens with one attached hydrogen (secondary N) is 1. The molecule has 0 aliphatic heterocycles. The maximum absolute atomic E-state index is 13.0. The highest BCUT2D eigenvalue weighted by Crippen LogP contribution is 2.24. The van der Waals surface area contributed by atoms with Crippen LogP contribution in [-0.4, -0.2) is 30.5 Å². The number of pyridine rings is 1. The fourth-order valence-corrected chi connectivity index (χ4v) is 3.23. The van der Waals surface area contributed by atoms with Gasteiger partial charge in [-0.3, -0.25) is 14.2 Å². The molecule has 0 bridgehead atoms. The number of hydrogen-bond donors (Lipinski definition) is 1. The first-order chi connectivity index (χ1) is 13.5. The number of carbonyl (C=O) groups excluding carboxylic acids is 1. The van der Waals surface area contributed by atoms with Crippen LogP contribution in [0.2, 0.25) is 0 Å². The van der Waals surface area contributed by atoms with E-state index in [2.05, 4.69) is 15.5 Å². The third-order valence-corrected chi connectivity index (χ3v) is 4.77. The van der Waals surface area contributed by atoms with Gasteiger partial charge >= 0.3 is 0 Å². The first-order valence-electron chi connectivity index (χ1n) is 9.25. The van der Waals surface area contributed by atoms with E-state index in [4.69, 9.17) is 4.98 Å². The lowest BCUT2D eigenvalue weighted by molar-refractivity contribution is 0.0952. The smallest absolute Gasteiger partial charge is 0.252 e. The molecule has 4 rings (SSSR count). The Hall–Kier alpha value is -3.48. The van der Waals surface area contributed by atoms with Crippen LogP contribution in [0.25, 0.3) is 22.2 Å². The molecule has 4 aromatic rings. The molecular weight excluding hydrogens is 352 g/mol. The summed E-state index contributed by atoms with van der Waals surface area (Å²) in [4.78, 5) is 17.7. The maximum Gasteiger partial charge on any atom is 0.252 e. The average molecular weight is 374 g/mol. The van der Waals surface area contributed by atoms with Gasteiger partial charge in [-0.05, 0) is 26.0 Å². The van der Waals surface area contributed by atoms with Crippen LogP contribution in [0, 0.1) is 6.92 Å². The molecule has 0 atom stereocenters. The summed E-state index contributed by atoms with van der Waals surface area (Å²) < 4.78 is 3.60. The molecule has 1 amide bonds. The highest BCUT2D eigenvalue weighted by molar-refractivity contribution is 6.07. The molecule has 0 saturated carbocycles. The van der Waals surface area contributed by atoms with Crippen LogP contribution in [0.15, 0.2) is 48.9 Å². The Bertz CT molecular complexity index is 1160. The van der Waals surface area contributed by atoms with E-state index in [1.54, 1.807) is 10.9 Å². The van der Waals surface area contributed by atoms with Crippen LogP contribution in [0.4, 0.5) is 0 Å². The molecule has 7 nitrogen and oxygen atoms in total. The van der Waals surface area contributed by atoms with E-state index in [0.717, 1.165) is 40.0 Å². The second kappa shape index (κ2) is 7.26. The van der Waals surface area contributed by atoms with E-state index >= 15 is 0 Å². The topological polar surface area (TPSA) is 77.6 Å². The van der Waals surface area contributed by atoms with Crippen molar-refractivity contribution in [3.05, 3.63) is 65.7 Å². The zero-order chi connectivity index (χ0) is 19.7. The number of aromatic nitrogens is 5. The number of rotatable bonds is 5. The molecule has 0 spiro atoms. The molecule has 142 valence electrons. The summed E-state index contributed by atoms with van der Waals surface area (Å²) in [6, 6.07) is 9.51. The minimum absolute atomic E-state index is 0.132. The Balaban J connectivity index is 1.68. The average Bonchev–Trinajstić information content (AvgIpc) is 3.30. The number of para-hydroxylation sites is 1. The summed E-state index contributed by atoms with van der Waals surface area (Å²) in [7, 11) is 1.86. The number of fused-ring (bicyclic) bond motifs is 1. The minimum Gasteiger partial charge on any atom is -0.348 e. The van der Waals surface area contributed by atoms with Crippen LogP contribution in [0.1, 0.15) is 28.5 Å². The molecule has 3 heterocycles. The van der Waals surface area contributed by atoms with Gasteiger partial charge in [0, 0.05) is 49.0 Å². The van der Waals surface area contributed by atoms with Gasteiger partial charge in [0.25, 0.3) is 5.91 Å². The van der Waals surface area contributed by atoms with Crippen molar-refractivity contribution in [1.29, 1.82) is 0 Å². The maximum atomic E-state index is 13.0. The monoisotopic (exact) mass is 374 g/mol. The van der Waals surface area contributed by atoms with Gasteiger partial charge in [0.15, 0.2) is 0 Å². The number of benzene rings is 1. The Kier molecular flexibility index (Phi) is 4.65. The first-order valence-corrected chi connectivity index (χ1v) is 9.25. The normalized spacial score (nSPS) is 11.1. The SMILES string of the molecule is CCn1cc(CNC(=O)c2cc(-c3cnn(C)c3)nc3ccccc23)c(C)n1. The van der Waals surface area contributed by atoms with Crippen molar-refractivity contribution in [2.24, 2.45) is 7.05 Å². The molecule has 0 radical (unpaired) electrons. The Morgan fingerprint density at radius 1 is 1.21 bits per heavy atom. The van der Waals surface area contributed by atoms with Crippen molar-refractivity contribution in [3.63, 3.8) is 0 Å². The molecule has 7 heteroatoms. The summed E-state index contributed by atoms with van der Waals surface area (Å²) >= 11 is 0. The fraction of sp³-hybridized carbons (Fsp3) is 0.238. The molecule has 0 unspecified atom stereocenters. The van der Waals surface area contributed by atoms with Gasteiger partial charge in [0.2, 0.25) is 0 Å². The van der Waals surface area contributed by atoms with Crippen molar-refractivity contribution in [3.8, 4) is 11.3 Å². The molecular formula is C21H22N6O. The van der Waals surface area contributed by atoms with Gasteiger partial charge in [-0.15, -0.1) is 0 Å². The number of carbonyl (C=O) groups is 1. The number of hydrogen-bond acceptors (Lipinski definition) is 4. The third kappa shape index (κ3) is 3.38. The Labute approximate surface area is 163 Å². The van der Waals surface area contributed by atoms with Gasteiger partial charge < -0.3 is 5.32 Å². The molecule has 0 aliphatic rings. The summed E-state index contributed by atoms with van der Waals surface area (Å²) in [6.45, 7) is 5.23. The summed E-state index contributed by atoms with van der Waals surface area (Å²) in [5, 5.41) is 12.5. The number of aryl methyl sites for hydroxylation is 3. The summed E-state index contributed by atoms with van der Waals surface area (Å²) in [5.74, 6) is -0.132. The molecule has 0 aliphatic carbocycles.